The fraction of sp³-hybridized carbons (Fsp3) is 0.727. The van der Waals surface area contributed by atoms with E-state index < -0.39 is 5.97 Å². The standard InChI is InChI=1S/C11H15N3O3S/c15-9(16)5-18-11-13-12-6-14(11)8-3-4-17-10(8)7-1-2-7/h6-8,10H,1-5H2,(H,15,16). The van der Waals surface area contributed by atoms with Gasteiger partial charge in [-0.15, -0.1) is 10.2 Å². The summed E-state index contributed by atoms with van der Waals surface area (Å²) >= 11 is 1.22. The van der Waals surface area contributed by atoms with Crippen LogP contribution in [0, 0.1) is 5.92 Å². The molecule has 3 rings (SSSR count). The molecule has 6 nitrogen and oxygen atoms in total. The molecule has 2 unspecified atom stereocenters. The van der Waals surface area contributed by atoms with Crippen LogP contribution < -0.4 is 0 Å². The number of nitrogens with zero attached hydrogens (tertiary/aromatic N) is 3. The molecule has 0 radical (unpaired) electrons. The van der Waals surface area contributed by atoms with E-state index in [-0.39, 0.29) is 17.9 Å². The van der Waals surface area contributed by atoms with Gasteiger partial charge in [-0.2, -0.15) is 0 Å². The number of rotatable bonds is 5. The first-order valence-corrected chi connectivity index (χ1v) is 7.10. The van der Waals surface area contributed by atoms with E-state index in [1.807, 2.05) is 4.57 Å². The van der Waals surface area contributed by atoms with E-state index in [0.29, 0.717) is 11.1 Å². The largest absolute Gasteiger partial charge is 0.481 e. The Bertz CT molecular complexity index is 446. The first kappa shape index (κ1) is 12.0. The lowest BCUT2D eigenvalue weighted by molar-refractivity contribution is -0.133. The van der Waals surface area contributed by atoms with Crippen LogP contribution in [-0.2, 0) is 9.53 Å². The van der Waals surface area contributed by atoms with Crippen molar-refractivity contribution in [3.63, 3.8) is 0 Å². The van der Waals surface area contributed by atoms with E-state index in [9.17, 15) is 4.79 Å². The van der Waals surface area contributed by atoms with Crippen molar-refractivity contribution >= 4 is 17.7 Å². The number of ether oxygens (including phenoxy) is 1. The summed E-state index contributed by atoms with van der Waals surface area (Å²) in [6.45, 7) is 0.771. The van der Waals surface area contributed by atoms with Gasteiger partial charge in [0.1, 0.15) is 6.33 Å². The molecule has 0 amide bonds. The summed E-state index contributed by atoms with van der Waals surface area (Å²) in [6, 6.07) is 0.267. The molecule has 1 aliphatic heterocycles. The maximum atomic E-state index is 10.6. The molecule has 7 heteroatoms. The number of thioether (sulfide) groups is 1. The molecule has 0 aromatic carbocycles. The Labute approximate surface area is 109 Å². The van der Waals surface area contributed by atoms with Gasteiger partial charge in [0.2, 0.25) is 0 Å². The van der Waals surface area contributed by atoms with Crippen LogP contribution in [0.25, 0.3) is 0 Å². The molecule has 18 heavy (non-hydrogen) atoms. The SMILES string of the molecule is O=C(O)CSc1nncn1C1CCOC1C1CC1. The van der Waals surface area contributed by atoms with E-state index >= 15 is 0 Å². The Hall–Kier alpha value is -1.08. The minimum atomic E-state index is -0.837. The van der Waals surface area contributed by atoms with E-state index in [1.165, 1.54) is 24.6 Å². The van der Waals surface area contributed by atoms with Crippen molar-refractivity contribution in [1.82, 2.24) is 14.8 Å². The van der Waals surface area contributed by atoms with E-state index in [2.05, 4.69) is 10.2 Å². The summed E-state index contributed by atoms with van der Waals surface area (Å²) < 4.78 is 7.78. The van der Waals surface area contributed by atoms with Crippen LogP contribution in [0.3, 0.4) is 0 Å². The zero-order valence-corrected chi connectivity index (χ0v) is 10.7. The number of carbonyl (C=O) groups is 1. The highest BCUT2D eigenvalue weighted by molar-refractivity contribution is 7.99. The lowest BCUT2D eigenvalue weighted by Gasteiger charge is -2.20. The van der Waals surface area contributed by atoms with Gasteiger partial charge in [-0.1, -0.05) is 11.8 Å². The van der Waals surface area contributed by atoms with Crippen molar-refractivity contribution in [1.29, 1.82) is 0 Å². The Morgan fingerprint density at radius 1 is 1.56 bits per heavy atom. The second-order valence-corrected chi connectivity index (χ2v) is 5.67. The van der Waals surface area contributed by atoms with E-state index in [1.54, 1.807) is 6.33 Å². The molecule has 2 fully saturated rings. The summed E-state index contributed by atoms with van der Waals surface area (Å²) in [7, 11) is 0. The Morgan fingerprint density at radius 3 is 3.11 bits per heavy atom. The highest BCUT2D eigenvalue weighted by Gasteiger charge is 2.42. The van der Waals surface area contributed by atoms with Crippen molar-refractivity contribution in [2.75, 3.05) is 12.4 Å². The average molecular weight is 269 g/mol. The van der Waals surface area contributed by atoms with Gasteiger partial charge < -0.3 is 14.4 Å². The Kier molecular flexibility index (Phi) is 3.25. The van der Waals surface area contributed by atoms with Gasteiger partial charge in [0.25, 0.3) is 0 Å². The predicted octanol–water partition coefficient (Wildman–Crippen LogP) is 1.19. The molecule has 98 valence electrons. The molecule has 0 bridgehead atoms. The van der Waals surface area contributed by atoms with Gasteiger partial charge in [0, 0.05) is 6.61 Å². The lowest BCUT2D eigenvalue weighted by Crippen LogP contribution is -2.22. The topological polar surface area (TPSA) is 77.2 Å². The minimum Gasteiger partial charge on any atom is -0.481 e. The second kappa shape index (κ2) is 4.89. The van der Waals surface area contributed by atoms with Gasteiger partial charge in [-0.05, 0) is 25.2 Å². The summed E-state index contributed by atoms with van der Waals surface area (Å²) in [5.41, 5.74) is 0. The molecule has 1 aromatic rings. The molecule has 1 aliphatic carbocycles. The number of carboxylic acid groups (broad SMARTS) is 1. The zero-order valence-electron chi connectivity index (χ0n) is 9.86. The highest BCUT2D eigenvalue weighted by Crippen LogP contribution is 2.44. The van der Waals surface area contributed by atoms with Crippen LogP contribution in [0.1, 0.15) is 25.3 Å². The fourth-order valence-electron chi connectivity index (χ4n) is 2.46. The number of hydrogen-bond acceptors (Lipinski definition) is 5. The summed E-state index contributed by atoms with van der Waals surface area (Å²) in [4.78, 5) is 10.6. The van der Waals surface area contributed by atoms with Crippen LogP contribution >= 0.6 is 11.8 Å². The van der Waals surface area contributed by atoms with Gasteiger partial charge in [-0.3, -0.25) is 4.79 Å². The number of carboxylic acids is 1. The van der Waals surface area contributed by atoms with Crippen LogP contribution in [0.5, 0.6) is 0 Å². The first-order valence-electron chi connectivity index (χ1n) is 6.11. The van der Waals surface area contributed by atoms with Crippen molar-refractivity contribution in [3.05, 3.63) is 6.33 Å². The monoisotopic (exact) mass is 269 g/mol. The Balaban J connectivity index is 1.74. The maximum absolute atomic E-state index is 10.6. The van der Waals surface area contributed by atoms with Crippen LogP contribution in [-0.4, -0.2) is 44.3 Å². The lowest BCUT2D eigenvalue weighted by atomic mass is 10.1. The summed E-state index contributed by atoms with van der Waals surface area (Å²) in [6.07, 6.45) is 5.38. The Morgan fingerprint density at radius 2 is 2.39 bits per heavy atom. The fourth-order valence-corrected chi connectivity index (χ4v) is 3.15. The van der Waals surface area contributed by atoms with Gasteiger partial charge in [0.15, 0.2) is 5.16 Å². The predicted molar refractivity (Wildman–Crippen MR) is 64.5 cm³/mol. The quantitative estimate of drug-likeness (QED) is 0.809. The number of hydrogen-bond donors (Lipinski definition) is 1. The minimum absolute atomic E-state index is 0.0143. The molecular weight excluding hydrogens is 254 g/mol. The summed E-state index contributed by atoms with van der Waals surface area (Å²) in [5.74, 6) is -0.159. The molecule has 2 aliphatic rings. The number of aliphatic carboxylic acids is 1. The zero-order chi connectivity index (χ0) is 12.5. The van der Waals surface area contributed by atoms with Crippen molar-refractivity contribution in [3.8, 4) is 0 Å². The summed E-state index contributed by atoms with van der Waals surface area (Å²) in [5, 5.41) is 17.3. The number of aromatic nitrogens is 3. The maximum Gasteiger partial charge on any atom is 0.313 e. The van der Waals surface area contributed by atoms with Crippen LogP contribution in [0.2, 0.25) is 0 Å². The van der Waals surface area contributed by atoms with Crippen molar-refractivity contribution in [2.45, 2.75) is 36.6 Å². The molecule has 2 atom stereocenters. The van der Waals surface area contributed by atoms with E-state index in [0.717, 1.165) is 13.0 Å². The van der Waals surface area contributed by atoms with E-state index in [4.69, 9.17) is 9.84 Å². The van der Waals surface area contributed by atoms with Gasteiger partial charge >= 0.3 is 5.97 Å². The molecule has 1 saturated heterocycles. The van der Waals surface area contributed by atoms with Crippen molar-refractivity contribution in [2.24, 2.45) is 5.92 Å². The highest BCUT2D eigenvalue weighted by atomic mass is 32.2. The molecule has 1 saturated carbocycles. The van der Waals surface area contributed by atoms with Crippen LogP contribution in [0.4, 0.5) is 0 Å². The molecule has 0 spiro atoms. The third kappa shape index (κ3) is 2.37. The smallest absolute Gasteiger partial charge is 0.313 e. The second-order valence-electron chi connectivity index (χ2n) is 4.73. The molecule has 1 N–H and O–H groups in total. The van der Waals surface area contributed by atoms with Crippen LogP contribution in [0.15, 0.2) is 11.5 Å². The van der Waals surface area contributed by atoms with Crippen molar-refractivity contribution < 1.29 is 14.6 Å². The normalized spacial score (nSPS) is 27.6. The third-order valence-corrected chi connectivity index (χ3v) is 4.35. The average Bonchev–Trinajstić information content (AvgIpc) is 2.91. The molecule has 2 heterocycles. The van der Waals surface area contributed by atoms with Gasteiger partial charge in [-0.25, -0.2) is 0 Å². The third-order valence-electron chi connectivity index (χ3n) is 3.41. The van der Waals surface area contributed by atoms with Gasteiger partial charge in [0.05, 0.1) is 17.9 Å². The molecular formula is C11H15N3O3S. The first-order chi connectivity index (χ1) is 8.75. The molecule has 1 aromatic heterocycles.